The van der Waals surface area contributed by atoms with E-state index in [0.717, 1.165) is 23.4 Å². The van der Waals surface area contributed by atoms with E-state index in [9.17, 15) is 4.79 Å². The van der Waals surface area contributed by atoms with Crippen LogP contribution >= 0.6 is 0 Å². The lowest BCUT2D eigenvalue weighted by Gasteiger charge is -2.23. The predicted octanol–water partition coefficient (Wildman–Crippen LogP) is 2.25. The zero-order valence-electron chi connectivity index (χ0n) is 10.2. The Hall–Kier alpha value is -2.10. The van der Waals surface area contributed by atoms with E-state index in [-0.39, 0.29) is 5.91 Å². The molecular weight excluding hydrogens is 228 g/mol. The molecular formula is C14H14N2O2. The second kappa shape index (κ2) is 4.29. The summed E-state index contributed by atoms with van der Waals surface area (Å²) < 4.78 is 5.77. The summed E-state index contributed by atoms with van der Waals surface area (Å²) in [6.45, 7) is 2.86. The van der Waals surface area contributed by atoms with Crippen molar-refractivity contribution in [2.45, 2.75) is 19.9 Å². The Kier molecular flexibility index (Phi) is 2.63. The van der Waals surface area contributed by atoms with Crippen molar-refractivity contribution in [1.29, 1.82) is 0 Å². The van der Waals surface area contributed by atoms with E-state index in [1.807, 2.05) is 30.3 Å². The van der Waals surface area contributed by atoms with Crippen LogP contribution in [0.15, 0.2) is 34.7 Å². The van der Waals surface area contributed by atoms with E-state index in [1.54, 1.807) is 11.8 Å². The van der Waals surface area contributed by atoms with Crippen molar-refractivity contribution in [1.82, 2.24) is 9.88 Å². The molecule has 1 aromatic heterocycles. The number of hydrogen-bond acceptors (Lipinski definition) is 3. The van der Waals surface area contributed by atoms with Crippen molar-refractivity contribution >= 4 is 5.91 Å². The molecule has 18 heavy (non-hydrogen) atoms. The molecule has 0 unspecified atom stereocenters. The maximum atomic E-state index is 11.4. The third-order valence-electron chi connectivity index (χ3n) is 3.19. The lowest BCUT2D eigenvalue weighted by Crippen LogP contribution is -2.33. The van der Waals surface area contributed by atoms with Crippen LogP contribution in [0.25, 0.3) is 11.5 Å². The summed E-state index contributed by atoms with van der Waals surface area (Å²) in [6.07, 6.45) is 0.745. The summed E-state index contributed by atoms with van der Waals surface area (Å²) >= 11 is 0. The number of oxazole rings is 1. The number of fused-ring (bicyclic) bond motifs is 1. The van der Waals surface area contributed by atoms with Gasteiger partial charge in [0, 0.05) is 25.5 Å². The fraction of sp³-hybridized carbons (Fsp3) is 0.286. The molecule has 0 saturated carbocycles. The van der Waals surface area contributed by atoms with Gasteiger partial charge in [-0.3, -0.25) is 4.79 Å². The van der Waals surface area contributed by atoms with E-state index in [2.05, 4.69) is 4.98 Å². The highest BCUT2D eigenvalue weighted by Gasteiger charge is 2.23. The number of carbonyl (C=O) groups excluding carboxylic acids is 1. The zero-order chi connectivity index (χ0) is 12.5. The molecule has 1 amide bonds. The minimum atomic E-state index is 0.0879. The quantitative estimate of drug-likeness (QED) is 0.770. The number of carbonyl (C=O) groups is 1. The van der Waals surface area contributed by atoms with E-state index < -0.39 is 0 Å². The average molecular weight is 242 g/mol. The number of aromatic nitrogens is 1. The number of rotatable bonds is 1. The Bertz CT molecular complexity index is 575. The Morgan fingerprint density at radius 1 is 1.33 bits per heavy atom. The highest BCUT2D eigenvalue weighted by atomic mass is 16.4. The molecule has 0 spiro atoms. The number of benzene rings is 1. The Labute approximate surface area is 105 Å². The lowest BCUT2D eigenvalue weighted by atomic mass is 10.1. The molecule has 4 heteroatoms. The lowest BCUT2D eigenvalue weighted by molar-refractivity contribution is -0.129. The summed E-state index contributed by atoms with van der Waals surface area (Å²) in [5, 5.41) is 0. The van der Waals surface area contributed by atoms with E-state index in [0.29, 0.717) is 19.0 Å². The van der Waals surface area contributed by atoms with Crippen LogP contribution in [0.3, 0.4) is 0 Å². The molecule has 2 heterocycles. The summed E-state index contributed by atoms with van der Waals surface area (Å²) in [5.41, 5.74) is 1.86. The molecule has 0 aliphatic carbocycles. The van der Waals surface area contributed by atoms with E-state index in [1.165, 1.54) is 0 Å². The molecule has 1 aliphatic rings. The highest BCUT2D eigenvalue weighted by Crippen LogP contribution is 2.25. The van der Waals surface area contributed by atoms with Gasteiger partial charge < -0.3 is 9.32 Å². The number of nitrogens with zero attached hydrogens (tertiary/aromatic N) is 2. The fourth-order valence-corrected chi connectivity index (χ4v) is 2.17. The van der Waals surface area contributed by atoms with Crippen LogP contribution in [0.1, 0.15) is 18.4 Å². The first-order valence-electron chi connectivity index (χ1n) is 6.03. The van der Waals surface area contributed by atoms with Crippen LogP contribution < -0.4 is 0 Å². The average Bonchev–Trinajstić information content (AvgIpc) is 2.82. The Morgan fingerprint density at radius 3 is 2.83 bits per heavy atom. The monoisotopic (exact) mass is 242 g/mol. The van der Waals surface area contributed by atoms with Gasteiger partial charge in [0.2, 0.25) is 11.8 Å². The molecule has 0 bridgehead atoms. The normalized spacial score (nSPS) is 14.4. The third kappa shape index (κ3) is 1.90. The molecule has 92 valence electrons. The van der Waals surface area contributed by atoms with Gasteiger partial charge in [-0.05, 0) is 12.1 Å². The fourth-order valence-electron chi connectivity index (χ4n) is 2.17. The van der Waals surface area contributed by atoms with Gasteiger partial charge >= 0.3 is 0 Å². The largest absolute Gasteiger partial charge is 0.441 e. The summed E-state index contributed by atoms with van der Waals surface area (Å²) in [7, 11) is 0. The smallest absolute Gasteiger partial charge is 0.226 e. The van der Waals surface area contributed by atoms with E-state index in [4.69, 9.17) is 4.42 Å². The van der Waals surface area contributed by atoms with Crippen molar-refractivity contribution in [2.75, 3.05) is 6.54 Å². The third-order valence-corrected chi connectivity index (χ3v) is 3.19. The maximum Gasteiger partial charge on any atom is 0.226 e. The van der Waals surface area contributed by atoms with Gasteiger partial charge in [-0.15, -0.1) is 0 Å². The molecule has 3 rings (SSSR count). The van der Waals surface area contributed by atoms with Crippen LogP contribution in [0.4, 0.5) is 0 Å². The minimum Gasteiger partial charge on any atom is -0.441 e. The van der Waals surface area contributed by atoms with Crippen LogP contribution in [-0.2, 0) is 17.8 Å². The van der Waals surface area contributed by atoms with Gasteiger partial charge in [-0.25, -0.2) is 4.98 Å². The first-order valence-corrected chi connectivity index (χ1v) is 6.03. The van der Waals surface area contributed by atoms with Crippen LogP contribution in [-0.4, -0.2) is 22.3 Å². The van der Waals surface area contributed by atoms with Crippen molar-refractivity contribution in [3.8, 4) is 11.5 Å². The Morgan fingerprint density at radius 2 is 2.11 bits per heavy atom. The van der Waals surface area contributed by atoms with Gasteiger partial charge in [-0.2, -0.15) is 0 Å². The molecule has 1 aliphatic heterocycles. The van der Waals surface area contributed by atoms with Crippen molar-refractivity contribution < 1.29 is 9.21 Å². The Balaban J connectivity index is 1.92. The minimum absolute atomic E-state index is 0.0879. The van der Waals surface area contributed by atoms with Gasteiger partial charge in [0.15, 0.2) is 0 Å². The summed E-state index contributed by atoms with van der Waals surface area (Å²) in [6, 6.07) is 9.82. The van der Waals surface area contributed by atoms with Crippen LogP contribution in [0.5, 0.6) is 0 Å². The van der Waals surface area contributed by atoms with Crippen molar-refractivity contribution in [2.24, 2.45) is 0 Å². The first-order chi connectivity index (χ1) is 8.74. The molecule has 0 atom stereocenters. The number of hydrogen-bond donors (Lipinski definition) is 0. The van der Waals surface area contributed by atoms with Crippen LogP contribution in [0, 0.1) is 0 Å². The van der Waals surface area contributed by atoms with Crippen molar-refractivity contribution in [3.05, 3.63) is 41.8 Å². The number of amides is 1. The molecule has 0 N–H and O–H groups in total. The molecule has 0 fully saturated rings. The first kappa shape index (κ1) is 11.0. The molecule has 4 nitrogen and oxygen atoms in total. The maximum absolute atomic E-state index is 11.4. The van der Waals surface area contributed by atoms with Gasteiger partial charge in [-0.1, -0.05) is 18.2 Å². The molecule has 2 aromatic rings. The molecule has 0 radical (unpaired) electrons. The standard InChI is InChI=1S/C14H14N2O2/c1-10(17)16-8-7-13-12(9-16)15-14(18-13)11-5-3-2-4-6-11/h2-6H,7-9H2,1H3. The predicted molar refractivity (Wildman–Crippen MR) is 66.7 cm³/mol. The van der Waals surface area contributed by atoms with E-state index >= 15 is 0 Å². The topological polar surface area (TPSA) is 46.3 Å². The second-order valence-electron chi connectivity index (χ2n) is 4.45. The van der Waals surface area contributed by atoms with Gasteiger partial charge in [0.1, 0.15) is 11.5 Å². The summed E-state index contributed by atoms with van der Waals surface area (Å²) in [4.78, 5) is 17.6. The summed E-state index contributed by atoms with van der Waals surface area (Å²) in [5.74, 6) is 1.64. The van der Waals surface area contributed by atoms with Gasteiger partial charge in [0.05, 0.1) is 6.54 Å². The highest BCUT2D eigenvalue weighted by molar-refractivity contribution is 5.73. The molecule has 0 saturated heterocycles. The second-order valence-corrected chi connectivity index (χ2v) is 4.45. The van der Waals surface area contributed by atoms with Gasteiger partial charge in [0.25, 0.3) is 0 Å². The van der Waals surface area contributed by atoms with Crippen molar-refractivity contribution in [3.63, 3.8) is 0 Å². The molecule has 1 aromatic carbocycles. The SMILES string of the molecule is CC(=O)N1CCc2oc(-c3ccccc3)nc2C1. The zero-order valence-corrected chi connectivity index (χ0v) is 10.2. The van der Waals surface area contributed by atoms with Crippen LogP contribution in [0.2, 0.25) is 0 Å².